The molecule has 0 aliphatic carbocycles. The largest absolute Gasteiger partial charge is 0.475 e. The van der Waals surface area contributed by atoms with Crippen molar-refractivity contribution in [2.75, 3.05) is 13.2 Å². The normalized spacial score (nSPS) is 11.1. The Balaban J connectivity index is 3.56. The first-order chi connectivity index (χ1) is 4.48. The van der Waals surface area contributed by atoms with Crippen LogP contribution < -0.4 is 0 Å². The highest BCUT2D eigenvalue weighted by atomic mass is 16.9. The molecule has 0 aliphatic heterocycles. The van der Waals surface area contributed by atoms with Crippen molar-refractivity contribution >= 4 is 0 Å². The van der Waals surface area contributed by atoms with Gasteiger partial charge in [-0.25, -0.2) is 5.21 Å². The van der Waals surface area contributed by atoms with Crippen LogP contribution in [0.5, 0.6) is 0 Å². The molecule has 0 heterocycles. The molecular weight excluding hydrogens is 138 g/mol. The van der Waals surface area contributed by atoms with Crippen LogP contribution in [0.3, 0.4) is 0 Å². The number of aliphatic hydroxyl groups excluding tert-OH is 1. The molecule has 0 aliphatic rings. The van der Waals surface area contributed by atoms with Crippen LogP contribution >= 0.6 is 0 Å². The number of hydrogen-bond donors (Lipinski definition) is 2. The van der Waals surface area contributed by atoms with E-state index in [0.29, 0.717) is 0 Å². The Bertz CT molecular complexity index is 123. The molecule has 0 spiro atoms. The summed E-state index contributed by atoms with van der Waals surface area (Å²) >= 11 is 0. The number of aliphatic hydroxyl groups is 1. The van der Waals surface area contributed by atoms with Crippen LogP contribution in [0.25, 0.3) is 0 Å². The first-order valence-corrected chi connectivity index (χ1v) is 2.88. The van der Waals surface area contributed by atoms with E-state index in [9.17, 15) is 4.91 Å². The van der Waals surface area contributed by atoms with Crippen molar-refractivity contribution in [1.82, 2.24) is 0 Å². The highest BCUT2D eigenvalue weighted by Gasteiger charge is 2.22. The van der Waals surface area contributed by atoms with Gasteiger partial charge in [-0.3, -0.25) is 0 Å². The van der Waals surface area contributed by atoms with E-state index in [1.54, 1.807) is 13.8 Å². The molecule has 10 heavy (non-hydrogen) atoms. The van der Waals surface area contributed by atoms with Crippen molar-refractivity contribution in [3.63, 3.8) is 0 Å². The Morgan fingerprint density at radius 3 is 2.40 bits per heavy atom. The summed E-state index contributed by atoms with van der Waals surface area (Å²) in [5.74, 6) is 0. The van der Waals surface area contributed by atoms with Crippen LogP contribution in [-0.2, 0) is 4.84 Å². The summed E-state index contributed by atoms with van der Waals surface area (Å²) in [5, 5.41) is 16.0. The zero-order valence-electron chi connectivity index (χ0n) is 6.07. The molecule has 0 radical (unpaired) electrons. The van der Waals surface area contributed by atoms with Crippen molar-refractivity contribution in [3.8, 4) is 0 Å². The maximum atomic E-state index is 9.77. The molecule has 0 amide bonds. The van der Waals surface area contributed by atoms with Crippen molar-refractivity contribution in [2.24, 2.45) is 5.41 Å². The maximum Gasteiger partial charge on any atom is 0.475 e. The zero-order valence-corrected chi connectivity index (χ0v) is 6.07. The zero-order chi connectivity index (χ0) is 8.20. The molecule has 0 saturated heterocycles. The van der Waals surface area contributed by atoms with E-state index < -0.39 is 10.5 Å². The van der Waals surface area contributed by atoms with Gasteiger partial charge < -0.3 is 5.11 Å². The number of rotatable bonds is 4. The van der Waals surface area contributed by atoms with E-state index in [2.05, 4.69) is 4.84 Å². The van der Waals surface area contributed by atoms with Crippen LogP contribution in [0.2, 0.25) is 0 Å². The van der Waals surface area contributed by atoms with Gasteiger partial charge in [0.1, 0.15) is 4.91 Å². The third-order valence-corrected chi connectivity index (χ3v) is 0.994. The van der Waals surface area contributed by atoms with Crippen LogP contribution in [0.1, 0.15) is 13.8 Å². The topological polar surface area (TPSA) is 69.8 Å². The van der Waals surface area contributed by atoms with Gasteiger partial charge in [0.05, 0.1) is 6.61 Å². The summed E-state index contributed by atoms with van der Waals surface area (Å²) in [5.41, 5.74) is -0.495. The average molecular weight is 150 g/mol. The van der Waals surface area contributed by atoms with Gasteiger partial charge in [0.2, 0.25) is 0 Å². The lowest BCUT2D eigenvalue weighted by atomic mass is 9.97. The van der Waals surface area contributed by atoms with E-state index in [1.807, 2.05) is 0 Å². The van der Waals surface area contributed by atoms with Crippen molar-refractivity contribution in [2.45, 2.75) is 13.8 Å². The van der Waals surface area contributed by atoms with Gasteiger partial charge in [0.25, 0.3) is 0 Å². The van der Waals surface area contributed by atoms with E-state index >= 15 is 0 Å². The second-order valence-corrected chi connectivity index (χ2v) is 2.83. The van der Waals surface area contributed by atoms with Crippen LogP contribution in [0.15, 0.2) is 0 Å². The minimum atomic E-state index is -0.614. The molecule has 5 heteroatoms. The maximum absolute atomic E-state index is 9.77. The Hall–Kier alpha value is -0.840. The minimum absolute atomic E-state index is 0.0104. The molecule has 0 fully saturated rings. The smallest absolute Gasteiger partial charge is 0.396 e. The van der Waals surface area contributed by atoms with Crippen molar-refractivity contribution < 1.29 is 20.2 Å². The highest BCUT2D eigenvalue weighted by Crippen LogP contribution is 2.12. The second kappa shape index (κ2) is 3.36. The Morgan fingerprint density at radius 2 is 2.10 bits per heavy atom. The van der Waals surface area contributed by atoms with Crippen LogP contribution in [-0.4, -0.2) is 28.6 Å². The first-order valence-electron chi connectivity index (χ1n) is 2.88. The van der Waals surface area contributed by atoms with Gasteiger partial charge >= 0.3 is 5.09 Å². The fraction of sp³-hybridized carbons (Fsp3) is 1.00. The molecule has 0 bridgehead atoms. The fourth-order valence-corrected chi connectivity index (χ4v) is 0.276. The van der Waals surface area contributed by atoms with Gasteiger partial charge in [0.15, 0.2) is 6.61 Å². The Kier molecular flexibility index (Phi) is 3.08. The highest BCUT2D eigenvalue weighted by molar-refractivity contribution is 4.63. The molecule has 2 N–H and O–H groups in total. The van der Waals surface area contributed by atoms with E-state index in [1.165, 1.54) is 0 Å². The molecule has 0 aromatic heterocycles. The lowest BCUT2D eigenvalue weighted by Gasteiger charge is -2.15. The molecule has 5 nitrogen and oxygen atoms in total. The lowest BCUT2D eigenvalue weighted by molar-refractivity contribution is -0.977. The van der Waals surface area contributed by atoms with Crippen LogP contribution in [0.4, 0.5) is 0 Å². The molecule has 60 valence electrons. The van der Waals surface area contributed by atoms with Gasteiger partial charge in [-0.1, -0.05) is 13.8 Å². The summed E-state index contributed by atoms with van der Waals surface area (Å²) in [4.78, 5) is 13.9. The molecule has 0 atom stereocenters. The predicted molar refractivity (Wildman–Crippen MR) is 32.2 cm³/mol. The molecule has 0 rings (SSSR count). The SMILES string of the molecule is CC(C)(CO)CO[N+](=O)O. The molecule has 0 aromatic rings. The molecular formula is C5H12NO4+. The lowest BCUT2D eigenvalue weighted by Crippen LogP contribution is -2.25. The van der Waals surface area contributed by atoms with E-state index in [0.717, 1.165) is 0 Å². The van der Waals surface area contributed by atoms with Crippen molar-refractivity contribution in [3.05, 3.63) is 4.91 Å². The van der Waals surface area contributed by atoms with E-state index in [-0.39, 0.29) is 13.2 Å². The Morgan fingerprint density at radius 1 is 1.60 bits per heavy atom. The van der Waals surface area contributed by atoms with Gasteiger partial charge in [-0.2, -0.15) is 4.84 Å². The van der Waals surface area contributed by atoms with Gasteiger partial charge in [-0.15, -0.1) is 0 Å². The van der Waals surface area contributed by atoms with E-state index in [4.69, 9.17) is 10.3 Å². The molecule has 0 saturated carbocycles. The third-order valence-electron chi connectivity index (χ3n) is 0.994. The average Bonchev–Trinajstić information content (AvgIpc) is 1.85. The number of hydrogen-bond acceptors (Lipinski definition) is 3. The van der Waals surface area contributed by atoms with Crippen molar-refractivity contribution in [1.29, 1.82) is 0 Å². The number of nitrogens with zero attached hydrogens (tertiary/aromatic N) is 1. The monoisotopic (exact) mass is 150 g/mol. The summed E-state index contributed by atoms with van der Waals surface area (Å²) in [6.45, 7) is 3.30. The summed E-state index contributed by atoms with van der Waals surface area (Å²) in [7, 11) is 0. The summed E-state index contributed by atoms with van der Waals surface area (Å²) < 4.78 is 0. The summed E-state index contributed by atoms with van der Waals surface area (Å²) in [6, 6.07) is 0. The van der Waals surface area contributed by atoms with Gasteiger partial charge in [0, 0.05) is 5.41 Å². The third kappa shape index (κ3) is 4.08. The quantitative estimate of drug-likeness (QED) is 0.558. The first kappa shape index (κ1) is 9.16. The predicted octanol–water partition coefficient (Wildman–Crippen LogP) is 0.105. The Labute approximate surface area is 58.7 Å². The molecule has 0 aromatic carbocycles. The summed E-state index contributed by atoms with van der Waals surface area (Å²) in [6.07, 6.45) is 0. The fourth-order valence-electron chi connectivity index (χ4n) is 0.276. The standard InChI is InChI=1S/C5H12NO4/c1-5(2,3-7)4-10-6(8)9/h7H,3-4H2,1-2H3,(H,8,9)/q+1. The van der Waals surface area contributed by atoms with Gasteiger partial charge in [-0.05, 0) is 0 Å². The van der Waals surface area contributed by atoms with Crippen LogP contribution in [0, 0.1) is 10.3 Å². The second-order valence-electron chi connectivity index (χ2n) is 2.83. The molecule has 0 unspecified atom stereocenters. The minimum Gasteiger partial charge on any atom is -0.396 e.